The van der Waals surface area contributed by atoms with E-state index in [-0.39, 0.29) is 23.8 Å². The molecule has 0 bridgehead atoms. The van der Waals surface area contributed by atoms with Crippen molar-refractivity contribution in [3.63, 3.8) is 0 Å². The van der Waals surface area contributed by atoms with Crippen molar-refractivity contribution in [2.24, 2.45) is 0 Å². The molecule has 2 N–H and O–H groups in total. The van der Waals surface area contributed by atoms with Gasteiger partial charge in [0.1, 0.15) is 5.69 Å². The van der Waals surface area contributed by atoms with E-state index in [1.807, 2.05) is 25.1 Å². The van der Waals surface area contributed by atoms with E-state index in [2.05, 4.69) is 32.5 Å². The van der Waals surface area contributed by atoms with Crippen molar-refractivity contribution in [3.8, 4) is 0 Å². The van der Waals surface area contributed by atoms with Gasteiger partial charge in [-0.15, -0.1) is 0 Å². The smallest absolute Gasteiger partial charge is 0.322 e. The fraction of sp³-hybridized carbons (Fsp3) is 0.450. The highest BCUT2D eigenvalue weighted by molar-refractivity contribution is 5.98. The first-order valence-electron chi connectivity index (χ1n) is 10.0. The third-order valence-electron chi connectivity index (χ3n) is 5.08. The Hall–Kier alpha value is -3.27. The van der Waals surface area contributed by atoms with Crippen LogP contribution in [0.1, 0.15) is 35.1 Å². The van der Waals surface area contributed by atoms with Crippen molar-refractivity contribution in [3.05, 3.63) is 57.4 Å². The third-order valence-corrected chi connectivity index (χ3v) is 5.08. The first kappa shape index (κ1) is 21.4. The maximum absolute atomic E-state index is 12.5. The van der Waals surface area contributed by atoms with Crippen LogP contribution in [-0.2, 0) is 17.8 Å². The Kier molecular flexibility index (Phi) is 7.12. The minimum absolute atomic E-state index is 0.213. The first-order valence-corrected chi connectivity index (χ1v) is 10.0. The summed E-state index contributed by atoms with van der Waals surface area (Å²) >= 11 is 0. The fourth-order valence-corrected chi connectivity index (χ4v) is 3.50. The number of piperazine rings is 1. The van der Waals surface area contributed by atoms with E-state index in [4.69, 9.17) is 0 Å². The molecule has 1 aromatic carbocycles. The number of amides is 2. The Morgan fingerprint density at radius 3 is 2.53 bits per heavy atom. The van der Waals surface area contributed by atoms with E-state index >= 15 is 0 Å². The van der Waals surface area contributed by atoms with Gasteiger partial charge in [-0.3, -0.25) is 29.7 Å². The molecule has 30 heavy (non-hydrogen) atoms. The molecule has 1 aromatic heterocycles. The van der Waals surface area contributed by atoms with Gasteiger partial charge in [0.15, 0.2) is 0 Å². The highest BCUT2D eigenvalue weighted by atomic mass is 16.6. The molecule has 1 fully saturated rings. The maximum atomic E-state index is 12.5. The van der Waals surface area contributed by atoms with E-state index in [1.165, 1.54) is 5.56 Å². The zero-order chi connectivity index (χ0) is 21.5. The van der Waals surface area contributed by atoms with Crippen LogP contribution < -0.4 is 5.32 Å². The summed E-state index contributed by atoms with van der Waals surface area (Å²) < 4.78 is 0. The van der Waals surface area contributed by atoms with E-state index < -0.39 is 10.8 Å². The van der Waals surface area contributed by atoms with Crippen LogP contribution in [-0.4, -0.2) is 69.5 Å². The monoisotopic (exact) mass is 414 g/mol. The number of aryl methyl sites for hydroxylation is 1. The summed E-state index contributed by atoms with van der Waals surface area (Å²) in [6.07, 6.45) is 1.10. The molecule has 160 valence electrons. The van der Waals surface area contributed by atoms with Gasteiger partial charge in [-0.25, -0.2) is 0 Å². The van der Waals surface area contributed by atoms with Gasteiger partial charge in [-0.05, 0) is 12.0 Å². The fourth-order valence-electron chi connectivity index (χ4n) is 3.50. The summed E-state index contributed by atoms with van der Waals surface area (Å²) in [5.41, 5.74) is 0.932. The molecule has 0 saturated carbocycles. The molecule has 0 atom stereocenters. The van der Waals surface area contributed by atoms with Crippen LogP contribution in [0.15, 0.2) is 30.3 Å². The molecule has 10 nitrogen and oxygen atoms in total. The Morgan fingerprint density at radius 1 is 1.20 bits per heavy atom. The summed E-state index contributed by atoms with van der Waals surface area (Å²) in [7, 11) is 0. The highest BCUT2D eigenvalue weighted by Crippen LogP contribution is 2.22. The number of hydrogen-bond donors (Lipinski definition) is 2. The molecule has 3 rings (SSSR count). The van der Waals surface area contributed by atoms with Crippen molar-refractivity contribution >= 4 is 17.5 Å². The second-order valence-corrected chi connectivity index (χ2v) is 7.23. The summed E-state index contributed by atoms with van der Waals surface area (Å²) in [6.45, 7) is 5.14. The molecule has 2 aromatic rings. The lowest BCUT2D eigenvalue weighted by atomic mass is 10.2. The molecule has 10 heteroatoms. The molecular formula is C20H26N6O4. The Labute approximate surface area is 174 Å². The van der Waals surface area contributed by atoms with Crippen LogP contribution >= 0.6 is 0 Å². The van der Waals surface area contributed by atoms with Crippen LogP contribution in [0.3, 0.4) is 0 Å². The number of aromatic nitrogens is 2. The molecule has 1 aliphatic heterocycles. The van der Waals surface area contributed by atoms with Gasteiger partial charge in [-0.1, -0.05) is 43.7 Å². The summed E-state index contributed by atoms with van der Waals surface area (Å²) in [5, 5.41) is 20.1. The minimum Gasteiger partial charge on any atom is -0.341 e. The number of aromatic amines is 1. The van der Waals surface area contributed by atoms with Crippen LogP contribution in [0.2, 0.25) is 0 Å². The first-order chi connectivity index (χ1) is 14.5. The zero-order valence-electron chi connectivity index (χ0n) is 17.0. The number of nitro groups is 1. The lowest BCUT2D eigenvalue weighted by Gasteiger charge is -2.34. The molecule has 0 radical (unpaired) electrons. The SMILES string of the molecule is CCCc1[nH]nc(C(=O)NCC(=O)N2CCN(Cc3ccccc3)CC2)c1[N+](=O)[O-]. The topological polar surface area (TPSA) is 124 Å². The molecule has 2 heterocycles. The molecule has 0 spiro atoms. The van der Waals surface area contributed by atoms with Gasteiger partial charge in [0, 0.05) is 32.7 Å². The van der Waals surface area contributed by atoms with Crippen molar-refractivity contribution in [1.29, 1.82) is 0 Å². The van der Waals surface area contributed by atoms with Crippen LogP contribution in [0.25, 0.3) is 0 Å². The standard InChI is InChI=1S/C20H26N6O4/c1-2-6-16-19(26(29)30)18(23-22-16)20(28)21-13-17(27)25-11-9-24(10-12-25)14-15-7-4-3-5-8-15/h3-5,7-8H,2,6,9-14H2,1H3,(H,21,28)(H,22,23). The van der Waals surface area contributed by atoms with Gasteiger partial charge in [0.2, 0.25) is 11.6 Å². The molecular weight excluding hydrogens is 388 g/mol. The van der Waals surface area contributed by atoms with Crippen LogP contribution in [0.4, 0.5) is 5.69 Å². The van der Waals surface area contributed by atoms with Crippen LogP contribution in [0.5, 0.6) is 0 Å². The molecule has 0 aliphatic carbocycles. The highest BCUT2D eigenvalue weighted by Gasteiger charge is 2.29. The molecule has 1 aliphatic rings. The molecule has 2 amide bonds. The van der Waals surface area contributed by atoms with E-state index in [1.54, 1.807) is 4.90 Å². The minimum atomic E-state index is -0.726. The van der Waals surface area contributed by atoms with Crippen LogP contribution in [0, 0.1) is 10.1 Å². The maximum Gasteiger partial charge on any atom is 0.322 e. The lowest BCUT2D eigenvalue weighted by Crippen LogP contribution is -2.50. The number of carbonyl (C=O) groups is 2. The summed E-state index contributed by atoms with van der Waals surface area (Å²) in [5.74, 6) is -0.939. The molecule has 0 unspecified atom stereocenters. The third kappa shape index (κ3) is 5.20. The number of rotatable bonds is 8. The van der Waals surface area contributed by atoms with Gasteiger partial charge in [0.05, 0.1) is 11.5 Å². The van der Waals surface area contributed by atoms with Crippen molar-refractivity contribution in [2.45, 2.75) is 26.3 Å². The number of nitrogens with zero attached hydrogens (tertiary/aromatic N) is 4. The van der Waals surface area contributed by atoms with Crippen molar-refractivity contribution in [2.75, 3.05) is 32.7 Å². The van der Waals surface area contributed by atoms with E-state index in [0.29, 0.717) is 31.6 Å². The van der Waals surface area contributed by atoms with Gasteiger partial charge in [-0.2, -0.15) is 5.10 Å². The molecule has 1 saturated heterocycles. The van der Waals surface area contributed by atoms with Gasteiger partial charge < -0.3 is 10.2 Å². The quantitative estimate of drug-likeness (QED) is 0.496. The zero-order valence-corrected chi connectivity index (χ0v) is 17.0. The predicted molar refractivity (Wildman–Crippen MR) is 110 cm³/mol. The average molecular weight is 414 g/mol. The number of H-pyrrole nitrogens is 1. The van der Waals surface area contributed by atoms with Crippen molar-refractivity contribution in [1.82, 2.24) is 25.3 Å². The average Bonchev–Trinajstić information content (AvgIpc) is 3.17. The largest absolute Gasteiger partial charge is 0.341 e. The van der Waals surface area contributed by atoms with E-state index in [0.717, 1.165) is 19.6 Å². The number of nitrogens with one attached hydrogen (secondary N) is 2. The normalized spacial score (nSPS) is 14.5. The predicted octanol–water partition coefficient (Wildman–Crippen LogP) is 1.34. The Balaban J connectivity index is 1.49. The summed E-state index contributed by atoms with van der Waals surface area (Å²) in [4.78, 5) is 39.5. The second kappa shape index (κ2) is 9.97. The number of carbonyl (C=O) groups excluding carboxylic acids is 2. The Morgan fingerprint density at radius 2 is 1.90 bits per heavy atom. The second-order valence-electron chi connectivity index (χ2n) is 7.23. The van der Waals surface area contributed by atoms with E-state index in [9.17, 15) is 19.7 Å². The van der Waals surface area contributed by atoms with Gasteiger partial charge in [0.25, 0.3) is 5.91 Å². The number of hydrogen-bond acceptors (Lipinski definition) is 6. The summed E-state index contributed by atoms with van der Waals surface area (Å²) in [6, 6.07) is 10.1. The van der Waals surface area contributed by atoms with Crippen molar-refractivity contribution < 1.29 is 14.5 Å². The number of benzene rings is 1. The lowest BCUT2D eigenvalue weighted by molar-refractivity contribution is -0.385. The van der Waals surface area contributed by atoms with Gasteiger partial charge >= 0.3 is 5.69 Å². The Bertz CT molecular complexity index is 890.